The van der Waals surface area contributed by atoms with Crippen LogP contribution in [0.25, 0.3) is 11.6 Å². The zero-order valence-corrected chi connectivity index (χ0v) is 18.6. The van der Waals surface area contributed by atoms with Gasteiger partial charge in [-0.05, 0) is 77.3 Å². The molecule has 0 bridgehead atoms. The van der Waals surface area contributed by atoms with Gasteiger partial charge in [-0.3, -0.25) is 4.72 Å². The second kappa shape index (κ2) is 8.57. The summed E-state index contributed by atoms with van der Waals surface area (Å²) in [5, 5.41) is 0. The van der Waals surface area contributed by atoms with Crippen LogP contribution in [-0.2, 0) is 22.9 Å². The van der Waals surface area contributed by atoms with Crippen molar-refractivity contribution in [2.75, 3.05) is 17.2 Å². The third kappa shape index (κ3) is 4.71. The van der Waals surface area contributed by atoms with E-state index in [0.29, 0.717) is 5.69 Å². The van der Waals surface area contributed by atoms with Crippen LogP contribution >= 0.6 is 11.8 Å². The Labute approximate surface area is 182 Å². The van der Waals surface area contributed by atoms with Crippen molar-refractivity contribution < 1.29 is 8.42 Å². The average Bonchev–Trinajstić information content (AvgIpc) is 2.87. The SMILES string of the molecule is CSc1ccc2c(c1)C(=C=Cc1cccc(NS(C)(=O)=O)c1)c1ccccc1CC2. The lowest BCUT2D eigenvalue weighted by Crippen LogP contribution is -2.09. The molecule has 1 N–H and O–H groups in total. The Balaban J connectivity index is 1.87. The summed E-state index contributed by atoms with van der Waals surface area (Å²) in [6.45, 7) is 0. The van der Waals surface area contributed by atoms with E-state index in [1.165, 1.54) is 27.1 Å². The summed E-state index contributed by atoms with van der Waals surface area (Å²) in [5.41, 5.74) is 11.1. The molecule has 3 aromatic carbocycles. The molecular weight excluding hydrogens is 410 g/mol. The maximum atomic E-state index is 11.5. The quantitative estimate of drug-likeness (QED) is 0.429. The largest absolute Gasteiger partial charge is 0.284 e. The Morgan fingerprint density at radius 1 is 0.933 bits per heavy atom. The minimum absolute atomic E-state index is 0.546. The molecule has 1 aliphatic rings. The molecule has 0 atom stereocenters. The summed E-state index contributed by atoms with van der Waals surface area (Å²) in [5.74, 6) is 0. The second-order valence-corrected chi connectivity index (χ2v) is 9.97. The van der Waals surface area contributed by atoms with Crippen LogP contribution in [-0.4, -0.2) is 20.9 Å². The van der Waals surface area contributed by atoms with Crippen molar-refractivity contribution in [3.05, 3.63) is 100 Å². The number of nitrogens with one attached hydrogen (secondary N) is 1. The zero-order valence-electron chi connectivity index (χ0n) is 17.0. The molecule has 0 spiro atoms. The number of thioether (sulfide) groups is 1. The van der Waals surface area contributed by atoms with Crippen LogP contribution in [0.2, 0.25) is 0 Å². The van der Waals surface area contributed by atoms with E-state index in [4.69, 9.17) is 0 Å². The number of aryl methyl sites for hydroxylation is 2. The fourth-order valence-electron chi connectivity index (χ4n) is 3.75. The van der Waals surface area contributed by atoms with Gasteiger partial charge in [0.25, 0.3) is 0 Å². The highest BCUT2D eigenvalue weighted by Crippen LogP contribution is 2.35. The fraction of sp³-hybridized carbons (Fsp3) is 0.160. The number of anilines is 1. The van der Waals surface area contributed by atoms with Gasteiger partial charge in [-0.2, -0.15) is 0 Å². The van der Waals surface area contributed by atoms with Gasteiger partial charge in [-0.25, -0.2) is 8.42 Å². The maximum absolute atomic E-state index is 11.5. The second-order valence-electron chi connectivity index (χ2n) is 7.34. The van der Waals surface area contributed by atoms with E-state index in [0.717, 1.165) is 30.2 Å². The van der Waals surface area contributed by atoms with Crippen LogP contribution in [0, 0.1) is 0 Å². The van der Waals surface area contributed by atoms with Gasteiger partial charge in [-0.1, -0.05) is 42.5 Å². The van der Waals surface area contributed by atoms with Crippen LogP contribution in [0.15, 0.2) is 77.4 Å². The fourth-order valence-corrected chi connectivity index (χ4v) is 4.74. The zero-order chi connectivity index (χ0) is 21.1. The number of hydrogen-bond acceptors (Lipinski definition) is 3. The molecule has 0 aliphatic heterocycles. The number of rotatable bonds is 4. The number of sulfonamides is 1. The van der Waals surface area contributed by atoms with Crippen LogP contribution in [0.3, 0.4) is 0 Å². The van der Waals surface area contributed by atoms with Crippen LogP contribution in [0.1, 0.15) is 27.8 Å². The topological polar surface area (TPSA) is 46.2 Å². The van der Waals surface area contributed by atoms with Crippen molar-refractivity contribution >= 4 is 39.1 Å². The summed E-state index contributed by atoms with van der Waals surface area (Å²) in [7, 11) is -3.31. The summed E-state index contributed by atoms with van der Waals surface area (Å²) in [6.07, 6.45) is 7.17. The molecule has 0 unspecified atom stereocenters. The molecule has 5 heteroatoms. The third-order valence-corrected chi connectivity index (χ3v) is 6.44. The van der Waals surface area contributed by atoms with Gasteiger partial charge in [0.15, 0.2) is 0 Å². The third-order valence-electron chi connectivity index (χ3n) is 5.11. The lowest BCUT2D eigenvalue weighted by molar-refractivity contribution is 0.607. The van der Waals surface area contributed by atoms with Crippen molar-refractivity contribution in [1.82, 2.24) is 0 Å². The van der Waals surface area contributed by atoms with Crippen LogP contribution < -0.4 is 4.72 Å². The van der Waals surface area contributed by atoms with Crippen molar-refractivity contribution in [3.8, 4) is 0 Å². The van der Waals surface area contributed by atoms with Crippen molar-refractivity contribution in [1.29, 1.82) is 0 Å². The molecule has 152 valence electrons. The van der Waals surface area contributed by atoms with E-state index >= 15 is 0 Å². The highest BCUT2D eigenvalue weighted by Gasteiger charge is 2.18. The Morgan fingerprint density at radius 2 is 1.70 bits per heavy atom. The Bertz CT molecular complexity index is 1270. The molecule has 0 saturated heterocycles. The van der Waals surface area contributed by atoms with E-state index < -0.39 is 10.0 Å². The Morgan fingerprint density at radius 3 is 2.47 bits per heavy atom. The first-order chi connectivity index (χ1) is 14.4. The predicted molar refractivity (Wildman–Crippen MR) is 127 cm³/mol. The lowest BCUT2D eigenvalue weighted by atomic mass is 9.94. The molecule has 30 heavy (non-hydrogen) atoms. The van der Waals surface area contributed by atoms with E-state index in [9.17, 15) is 8.42 Å². The van der Waals surface area contributed by atoms with Gasteiger partial charge < -0.3 is 0 Å². The summed E-state index contributed by atoms with van der Waals surface area (Å²) < 4.78 is 25.6. The van der Waals surface area contributed by atoms with Crippen molar-refractivity contribution in [3.63, 3.8) is 0 Å². The first-order valence-electron chi connectivity index (χ1n) is 9.73. The molecule has 0 aromatic heterocycles. The molecule has 0 saturated carbocycles. The molecule has 3 nitrogen and oxygen atoms in total. The van der Waals surface area contributed by atoms with E-state index in [1.807, 2.05) is 24.3 Å². The number of benzene rings is 3. The standard InChI is InChI=1S/C25H23NO2S2/c1-29-22-14-13-20-12-11-19-7-3-4-9-23(19)24(25(20)17-22)15-10-18-6-5-8-21(16-18)26-30(2,27)28/h3-10,13-14,16-17,26H,11-12H2,1-2H3. The van der Waals surface area contributed by atoms with Gasteiger partial charge >= 0.3 is 0 Å². The highest BCUT2D eigenvalue weighted by atomic mass is 32.2. The molecule has 0 amide bonds. The molecular formula is C25H23NO2S2. The summed E-state index contributed by atoms with van der Waals surface area (Å²) in [6, 6.07) is 22.5. The van der Waals surface area contributed by atoms with Gasteiger partial charge in [-0.15, -0.1) is 17.5 Å². The maximum Gasteiger partial charge on any atom is 0.229 e. The summed E-state index contributed by atoms with van der Waals surface area (Å²) >= 11 is 1.74. The summed E-state index contributed by atoms with van der Waals surface area (Å²) in [4.78, 5) is 1.23. The van der Waals surface area contributed by atoms with Gasteiger partial charge in [0, 0.05) is 16.2 Å². The van der Waals surface area contributed by atoms with Gasteiger partial charge in [0.05, 0.1) is 6.26 Å². The predicted octanol–water partition coefficient (Wildman–Crippen LogP) is 5.62. The molecule has 0 heterocycles. The van der Waals surface area contributed by atoms with Crippen molar-refractivity contribution in [2.45, 2.75) is 17.7 Å². The van der Waals surface area contributed by atoms with Gasteiger partial charge in [0.1, 0.15) is 0 Å². The first kappa shape index (κ1) is 20.5. The van der Waals surface area contributed by atoms with Crippen molar-refractivity contribution in [2.24, 2.45) is 0 Å². The van der Waals surface area contributed by atoms with E-state index in [1.54, 1.807) is 17.8 Å². The van der Waals surface area contributed by atoms with E-state index in [-0.39, 0.29) is 0 Å². The molecule has 1 aliphatic carbocycles. The average molecular weight is 434 g/mol. The monoisotopic (exact) mass is 433 g/mol. The smallest absolute Gasteiger partial charge is 0.229 e. The Hall–Kier alpha value is -2.72. The van der Waals surface area contributed by atoms with Gasteiger partial charge in [0.2, 0.25) is 10.0 Å². The number of fused-ring (bicyclic) bond motifs is 2. The number of hydrogen-bond donors (Lipinski definition) is 1. The minimum atomic E-state index is -3.31. The minimum Gasteiger partial charge on any atom is -0.284 e. The van der Waals surface area contributed by atoms with Crippen LogP contribution in [0.5, 0.6) is 0 Å². The first-order valence-corrected chi connectivity index (χ1v) is 12.8. The van der Waals surface area contributed by atoms with Crippen LogP contribution in [0.4, 0.5) is 5.69 Å². The highest BCUT2D eigenvalue weighted by molar-refractivity contribution is 7.98. The lowest BCUT2D eigenvalue weighted by Gasteiger charge is -2.11. The normalized spacial score (nSPS) is 12.9. The molecule has 0 radical (unpaired) electrons. The Kier molecular flexibility index (Phi) is 5.87. The molecule has 4 rings (SSSR count). The molecule has 3 aromatic rings. The molecule has 0 fully saturated rings. The van der Waals surface area contributed by atoms with E-state index in [2.05, 4.69) is 59.2 Å².